The van der Waals surface area contributed by atoms with E-state index in [-0.39, 0.29) is 23.0 Å². The minimum Gasteiger partial charge on any atom is -0.335 e. The van der Waals surface area contributed by atoms with Gasteiger partial charge in [-0.15, -0.1) is 0 Å². The van der Waals surface area contributed by atoms with Gasteiger partial charge in [-0.05, 0) is 49.1 Å². The fraction of sp³-hybridized carbons (Fsp3) is 0.409. The molecule has 1 aliphatic carbocycles. The van der Waals surface area contributed by atoms with Crippen LogP contribution in [0.3, 0.4) is 0 Å². The Morgan fingerprint density at radius 3 is 2.66 bits per heavy atom. The summed E-state index contributed by atoms with van der Waals surface area (Å²) in [7, 11) is -2.17. The molecule has 3 heterocycles. The molecule has 3 aromatic rings. The maximum absolute atomic E-state index is 12.8. The van der Waals surface area contributed by atoms with Crippen LogP contribution in [0, 0.1) is 0 Å². The van der Waals surface area contributed by atoms with Crippen molar-refractivity contribution in [1.29, 1.82) is 0 Å². The molecule has 32 heavy (non-hydrogen) atoms. The second-order valence-corrected chi connectivity index (χ2v) is 11.0. The van der Waals surface area contributed by atoms with Crippen molar-refractivity contribution < 1.29 is 8.42 Å². The van der Waals surface area contributed by atoms with Crippen LogP contribution < -0.4 is 5.32 Å². The normalized spacial score (nSPS) is 20.0. The molecule has 1 unspecified atom stereocenters. The molecule has 2 aromatic heterocycles. The van der Waals surface area contributed by atoms with E-state index < -0.39 is 10.0 Å². The lowest BCUT2D eigenvalue weighted by atomic mass is 9.58. The van der Waals surface area contributed by atoms with Gasteiger partial charge < -0.3 is 10.3 Å². The van der Waals surface area contributed by atoms with E-state index in [1.807, 2.05) is 18.3 Å². The molecule has 2 N–H and O–H groups in total. The lowest BCUT2D eigenvalue weighted by Gasteiger charge is -2.50. The zero-order chi connectivity index (χ0) is 22.3. The van der Waals surface area contributed by atoms with Crippen LogP contribution in [0.25, 0.3) is 0 Å². The Hall–Kier alpha value is -2.33. The first kappa shape index (κ1) is 21.5. The summed E-state index contributed by atoms with van der Waals surface area (Å²) in [6.07, 6.45) is 8.66. The molecule has 5 rings (SSSR count). The Morgan fingerprint density at radius 2 is 2.00 bits per heavy atom. The van der Waals surface area contributed by atoms with Crippen LogP contribution in [0.2, 0.25) is 5.02 Å². The quantitative estimate of drug-likeness (QED) is 0.571. The molecule has 0 amide bonds. The van der Waals surface area contributed by atoms with Gasteiger partial charge in [0.05, 0.1) is 30.8 Å². The van der Waals surface area contributed by atoms with Gasteiger partial charge in [-0.25, -0.2) is 23.4 Å². The summed E-state index contributed by atoms with van der Waals surface area (Å²) < 4.78 is 26.7. The van der Waals surface area contributed by atoms with Crippen molar-refractivity contribution in [3.8, 4) is 0 Å². The Labute approximate surface area is 192 Å². The number of fused-ring (bicyclic) bond motifs is 1. The van der Waals surface area contributed by atoms with Crippen molar-refractivity contribution >= 4 is 21.6 Å². The molecular formula is C22H25ClN6O2S. The monoisotopic (exact) mass is 472 g/mol. The first-order chi connectivity index (χ1) is 15.4. The zero-order valence-electron chi connectivity index (χ0n) is 17.8. The van der Waals surface area contributed by atoms with Crippen LogP contribution in [0.4, 0.5) is 0 Å². The first-order valence-electron chi connectivity index (χ1n) is 10.7. The summed E-state index contributed by atoms with van der Waals surface area (Å²) in [6, 6.07) is 8.18. The molecule has 0 bridgehead atoms. The largest absolute Gasteiger partial charge is 0.335 e. The number of aromatic nitrogens is 4. The van der Waals surface area contributed by atoms with Gasteiger partial charge in [0.2, 0.25) is 0 Å². The third-order valence-electron chi connectivity index (χ3n) is 6.71. The Morgan fingerprint density at radius 1 is 1.22 bits per heavy atom. The van der Waals surface area contributed by atoms with E-state index in [0.29, 0.717) is 5.82 Å². The molecule has 0 spiro atoms. The van der Waals surface area contributed by atoms with Crippen LogP contribution in [0.1, 0.15) is 47.9 Å². The molecule has 1 fully saturated rings. The van der Waals surface area contributed by atoms with Gasteiger partial charge in [-0.3, -0.25) is 0 Å². The number of halogens is 1. The molecule has 1 aliphatic heterocycles. The van der Waals surface area contributed by atoms with Gasteiger partial charge in [0.1, 0.15) is 5.82 Å². The van der Waals surface area contributed by atoms with Crippen molar-refractivity contribution in [1.82, 2.24) is 29.6 Å². The average molecular weight is 473 g/mol. The van der Waals surface area contributed by atoms with Crippen LogP contribution in [-0.2, 0) is 28.4 Å². The van der Waals surface area contributed by atoms with Gasteiger partial charge in [-0.1, -0.05) is 30.2 Å². The zero-order valence-corrected chi connectivity index (χ0v) is 19.3. The lowest BCUT2D eigenvalue weighted by Crippen LogP contribution is -2.49. The number of sulfonamides is 1. The van der Waals surface area contributed by atoms with E-state index in [2.05, 4.69) is 32.4 Å². The van der Waals surface area contributed by atoms with Crippen LogP contribution in [-0.4, -0.2) is 46.3 Å². The lowest BCUT2D eigenvalue weighted by molar-refractivity contribution is 0.161. The molecule has 168 valence electrons. The maximum Gasteiger partial charge on any atom is 0.260 e. The van der Waals surface area contributed by atoms with Crippen molar-refractivity contribution in [3.63, 3.8) is 0 Å². The Bertz CT molecular complexity index is 1210. The number of hydrogen-bond donors (Lipinski definition) is 2. The summed E-state index contributed by atoms with van der Waals surface area (Å²) in [5.41, 5.74) is 3.32. The van der Waals surface area contributed by atoms with Crippen LogP contribution in [0.15, 0.2) is 48.0 Å². The van der Waals surface area contributed by atoms with Crippen molar-refractivity contribution in [2.45, 2.75) is 48.7 Å². The molecule has 10 heteroatoms. The SMILES string of the molecule is CN(Cc1ncc2c(n1)C(C1(c3ccc(Cl)cc3)CCC1)NCC2)S(=O)(=O)c1cnc[nH]1. The number of rotatable bonds is 6. The molecule has 1 saturated carbocycles. The number of nitrogens with one attached hydrogen (secondary N) is 2. The number of benzene rings is 1. The molecule has 2 aliphatic rings. The topological polar surface area (TPSA) is 104 Å². The summed E-state index contributed by atoms with van der Waals surface area (Å²) in [5.74, 6) is 0.480. The van der Waals surface area contributed by atoms with E-state index in [0.717, 1.165) is 42.1 Å². The molecule has 8 nitrogen and oxygen atoms in total. The number of H-pyrrole nitrogens is 1. The van der Waals surface area contributed by atoms with Gasteiger partial charge in [0.25, 0.3) is 10.0 Å². The van der Waals surface area contributed by atoms with Crippen molar-refractivity contribution in [3.05, 3.63) is 70.7 Å². The third kappa shape index (κ3) is 3.63. The van der Waals surface area contributed by atoms with E-state index in [4.69, 9.17) is 16.6 Å². The van der Waals surface area contributed by atoms with Gasteiger partial charge in [0, 0.05) is 23.7 Å². The minimum absolute atomic E-state index is 0.0424. The number of hydrogen-bond acceptors (Lipinski definition) is 6. The fourth-order valence-electron chi connectivity index (χ4n) is 4.80. The third-order valence-corrected chi connectivity index (χ3v) is 8.69. The smallest absolute Gasteiger partial charge is 0.260 e. The average Bonchev–Trinajstić information content (AvgIpc) is 3.30. The predicted molar refractivity (Wildman–Crippen MR) is 121 cm³/mol. The van der Waals surface area contributed by atoms with Crippen LogP contribution >= 0.6 is 11.6 Å². The highest BCUT2D eigenvalue weighted by atomic mass is 35.5. The van der Waals surface area contributed by atoms with Gasteiger partial charge in [-0.2, -0.15) is 4.31 Å². The van der Waals surface area contributed by atoms with Gasteiger partial charge >= 0.3 is 0 Å². The predicted octanol–water partition coefficient (Wildman–Crippen LogP) is 2.98. The fourth-order valence-corrected chi connectivity index (χ4v) is 5.94. The van der Waals surface area contributed by atoms with Gasteiger partial charge in [0.15, 0.2) is 5.03 Å². The molecule has 1 aromatic carbocycles. The summed E-state index contributed by atoms with van der Waals surface area (Å²) in [4.78, 5) is 15.8. The van der Waals surface area contributed by atoms with E-state index in [9.17, 15) is 8.42 Å². The van der Waals surface area contributed by atoms with E-state index >= 15 is 0 Å². The summed E-state index contributed by atoms with van der Waals surface area (Å²) >= 11 is 6.14. The highest BCUT2D eigenvalue weighted by molar-refractivity contribution is 7.89. The van der Waals surface area contributed by atoms with Crippen molar-refractivity contribution in [2.24, 2.45) is 0 Å². The minimum atomic E-state index is -3.69. The summed E-state index contributed by atoms with van der Waals surface area (Å²) in [5, 5.41) is 4.47. The second-order valence-electron chi connectivity index (χ2n) is 8.53. The number of nitrogens with zero attached hydrogens (tertiary/aromatic N) is 4. The van der Waals surface area contributed by atoms with E-state index in [1.165, 1.54) is 35.9 Å². The van der Waals surface area contributed by atoms with E-state index in [1.54, 1.807) is 0 Å². The maximum atomic E-state index is 12.8. The first-order valence-corrected chi connectivity index (χ1v) is 12.5. The van der Waals surface area contributed by atoms with Crippen molar-refractivity contribution in [2.75, 3.05) is 13.6 Å². The number of aromatic amines is 1. The Kier molecular flexibility index (Phi) is 5.53. The standard InChI is InChI=1S/C22H25ClN6O2S/c1-29(32(30,31)19-12-24-14-27-19)13-18-26-11-15-7-10-25-21(20(15)28-18)22(8-2-9-22)16-3-5-17(23)6-4-16/h3-6,11-12,14,21,25H,2,7-10,13H2,1H3,(H,24,27). The Balaban J connectivity index is 1.47. The highest BCUT2D eigenvalue weighted by Crippen LogP contribution is 2.53. The second kappa shape index (κ2) is 8.22. The molecule has 1 atom stereocenters. The van der Waals surface area contributed by atoms with Crippen LogP contribution in [0.5, 0.6) is 0 Å². The summed E-state index contributed by atoms with van der Waals surface area (Å²) in [6.45, 7) is 0.944. The number of imidazole rings is 1. The molecular weight excluding hydrogens is 448 g/mol. The highest BCUT2D eigenvalue weighted by Gasteiger charge is 2.48. The molecule has 0 saturated heterocycles. The molecule has 0 radical (unpaired) electrons.